The number of hydrogen-bond acceptors (Lipinski definition) is 3. The van der Waals surface area contributed by atoms with Gasteiger partial charge in [-0.1, -0.05) is 25.1 Å². The molecule has 1 saturated heterocycles. The van der Waals surface area contributed by atoms with E-state index in [0.29, 0.717) is 0 Å². The zero-order chi connectivity index (χ0) is 14.7. The van der Waals surface area contributed by atoms with E-state index >= 15 is 0 Å². The van der Waals surface area contributed by atoms with E-state index < -0.39 is 0 Å². The molecule has 3 rings (SSSR count). The Morgan fingerprint density at radius 2 is 2.14 bits per heavy atom. The first-order valence-corrected chi connectivity index (χ1v) is 8.18. The summed E-state index contributed by atoms with van der Waals surface area (Å²) in [6.07, 6.45) is 3.92. The van der Waals surface area contributed by atoms with Crippen LogP contribution in [0.3, 0.4) is 0 Å². The Morgan fingerprint density at radius 1 is 1.29 bits per heavy atom. The minimum absolute atomic E-state index is 0.742. The lowest BCUT2D eigenvalue weighted by molar-refractivity contribution is 0.240. The van der Waals surface area contributed by atoms with Crippen LogP contribution in [0.1, 0.15) is 38.7 Å². The third-order valence-electron chi connectivity index (χ3n) is 4.49. The second-order valence-corrected chi connectivity index (χ2v) is 5.89. The van der Waals surface area contributed by atoms with Gasteiger partial charge in [-0.3, -0.25) is 4.90 Å². The number of benzene rings is 1. The maximum absolute atomic E-state index is 4.82. The van der Waals surface area contributed by atoms with Gasteiger partial charge in [0.05, 0.1) is 5.52 Å². The van der Waals surface area contributed by atoms with Gasteiger partial charge in [0.25, 0.3) is 0 Å². The Morgan fingerprint density at radius 3 is 2.95 bits per heavy atom. The van der Waals surface area contributed by atoms with Crippen LogP contribution in [0.25, 0.3) is 10.9 Å². The summed E-state index contributed by atoms with van der Waals surface area (Å²) >= 11 is 0. The number of nitrogens with zero attached hydrogens (tertiary/aromatic N) is 2. The second kappa shape index (κ2) is 6.44. The van der Waals surface area contributed by atoms with Crippen molar-refractivity contribution in [3.63, 3.8) is 0 Å². The summed E-state index contributed by atoms with van der Waals surface area (Å²) in [7, 11) is 0. The molecule has 2 aromatic rings. The highest BCUT2D eigenvalue weighted by Crippen LogP contribution is 2.26. The van der Waals surface area contributed by atoms with E-state index in [9.17, 15) is 0 Å². The maximum Gasteiger partial charge on any atom is 0.131 e. The fourth-order valence-electron chi connectivity index (χ4n) is 3.39. The number of para-hydroxylation sites is 1. The summed E-state index contributed by atoms with van der Waals surface area (Å²) in [6.45, 7) is 7.57. The largest absolute Gasteiger partial charge is 0.370 e. The number of nitrogens with one attached hydrogen (secondary N) is 1. The molecule has 112 valence electrons. The van der Waals surface area contributed by atoms with Gasteiger partial charge in [0.1, 0.15) is 5.82 Å². The van der Waals surface area contributed by atoms with Gasteiger partial charge < -0.3 is 5.32 Å². The zero-order valence-corrected chi connectivity index (χ0v) is 13.1. The minimum atomic E-state index is 0.742. The van der Waals surface area contributed by atoms with Crippen LogP contribution in [0.2, 0.25) is 0 Å². The Bertz CT molecular complexity index is 608. The van der Waals surface area contributed by atoms with E-state index in [0.717, 1.165) is 30.5 Å². The molecule has 2 heterocycles. The predicted molar refractivity (Wildman–Crippen MR) is 89.6 cm³/mol. The number of likely N-dealkylation sites (tertiary alicyclic amines) is 1. The lowest BCUT2D eigenvalue weighted by Crippen LogP contribution is -2.28. The lowest BCUT2D eigenvalue weighted by atomic mass is 10.1. The van der Waals surface area contributed by atoms with Crippen molar-refractivity contribution in [1.82, 2.24) is 9.88 Å². The molecule has 1 atom stereocenters. The first-order chi connectivity index (χ1) is 10.3. The predicted octanol–water partition coefficient (Wildman–Crippen LogP) is 4.04. The summed E-state index contributed by atoms with van der Waals surface area (Å²) in [6, 6.07) is 11.4. The Labute approximate surface area is 127 Å². The highest BCUT2D eigenvalue weighted by atomic mass is 15.2. The van der Waals surface area contributed by atoms with Crippen LogP contribution < -0.4 is 5.32 Å². The van der Waals surface area contributed by atoms with Crippen LogP contribution in [0.15, 0.2) is 30.3 Å². The molecule has 3 heteroatoms. The third kappa shape index (κ3) is 3.03. The Hall–Kier alpha value is -1.61. The average molecular weight is 283 g/mol. The molecule has 0 bridgehead atoms. The second-order valence-electron chi connectivity index (χ2n) is 5.89. The summed E-state index contributed by atoms with van der Waals surface area (Å²) in [5.74, 6) is 1.05. The standard InChI is InChI=1S/C18H25N3/c1-3-16-9-7-11-21(16)13-15-12-14-8-5-6-10-17(14)20-18(15)19-4-2/h5-6,8,10,12,16H,3-4,7,9,11,13H2,1-2H3,(H,19,20). The molecule has 1 unspecified atom stereocenters. The van der Waals surface area contributed by atoms with E-state index in [2.05, 4.69) is 54.4 Å². The van der Waals surface area contributed by atoms with Gasteiger partial charge in [-0.25, -0.2) is 4.98 Å². The summed E-state index contributed by atoms with van der Waals surface area (Å²) < 4.78 is 0. The molecule has 0 amide bonds. The fourth-order valence-corrected chi connectivity index (χ4v) is 3.39. The summed E-state index contributed by atoms with van der Waals surface area (Å²) in [5, 5.41) is 4.67. The van der Waals surface area contributed by atoms with E-state index in [4.69, 9.17) is 4.98 Å². The number of hydrogen-bond donors (Lipinski definition) is 1. The van der Waals surface area contributed by atoms with Crippen molar-refractivity contribution in [2.45, 2.75) is 45.7 Å². The smallest absolute Gasteiger partial charge is 0.131 e. The summed E-state index contributed by atoms with van der Waals surface area (Å²) in [4.78, 5) is 7.44. The normalized spacial score (nSPS) is 19.2. The minimum Gasteiger partial charge on any atom is -0.370 e. The molecule has 21 heavy (non-hydrogen) atoms. The molecule has 1 N–H and O–H groups in total. The monoisotopic (exact) mass is 283 g/mol. The first-order valence-electron chi connectivity index (χ1n) is 8.18. The molecule has 0 saturated carbocycles. The van der Waals surface area contributed by atoms with Gasteiger partial charge in [0, 0.05) is 30.1 Å². The quantitative estimate of drug-likeness (QED) is 0.897. The van der Waals surface area contributed by atoms with E-state index in [-0.39, 0.29) is 0 Å². The third-order valence-corrected chi connectivity index (χ3v) is 4.49. The number of anilines is 1. The molecular weight excluding hydrogens is 258 g/mol. The van der Waals surface area contributed by atoms with Crippen LogP contribution >= 0.6 is 0 Å². The summed E-state index contributed by atoms with van der Waals surface area (Å²) in [5.41, 5.74) is 2.40. The molecule has 0 spiro atoms. The Kier molecular flexibility index (Phi) is 4.39. The van der Waals surface area contributed by atoms with Crippen LogP contribution in [-0.2, 0) is 6.54 Å². The van der Waals surface area contributed by atoms with E-state index in [1.54, 1.807) is 0 Å². The van der Waals surface area contributed by atoms with Crippen LogP contribution in [0.4, 0.5) is 5.82 Å². The van der Waals surface area contributed by atoms with Gasteiger partial charge in [-0.2, -0.15) is 0 Å². The molecular formula is C18H25N3. The molecule has 1 aliphatic rings. The highest BCUT2D eigenvalue weighted by Gasteiger charge is 2.23. The molecule has 3 nitrogen and oxygen atoms in total. The van der Waals surface area contributed by atoms with Gasteiger partial charge in [-0.15, -0.1) is 0 Å². The van der Waals surface area contributed by atoms with Gasteiger partial charge in [0.15, 0.2) is 0 Å². The molecule has 0 aliphatic carbocycles. The van der Waals surface area contributed by atoms with Crippen LogP contribution in [0.5, 0.6) is 0 Å². The van der Waals surface area contributed by atoms with Crippen molar-refractivity contribution in [2.75, 3.05) is 18.4 Å². The van der Waals surface area contributed by atoms with Crippen LogP contribution in [0, 0.1) is 0 Å². The molecule has 1 aromatic carbocycles. The van der Waals surface area contributed by atoms with Gasteiger partial charge in [-0.05, 0) is 44.9 Å². The fraction of sp³-hybridized carbons (Fsp3) is 0.500. The Balaban J connectivity index is 1.93. The first kappa shape index (κ1) is 14.3. The van der Waals surface area contributed by atoms with Crippen molar-refractivity contribution in [1.29, 1.82) is 0 Å². The lowest BCUT2D eigenvalue weighted by Gasteiger charge is -2.24. The molecule has 0 radical (unpaired) electrons. The molecule has 1 aromatic heterocycles. The van der Waals surface area contributed by atoms with Crippen molar-refractivity contribution >= 4 is 16.7 Å². The van der Waals surface area contributed by atoms with Crippen molar-refractivity contribution < 1.29 is 0 Å². The maximum atomic E-state index is 4.82. The van der Waals surface area contributed by atoms with Crippen LogP contribution in [-0.4, -0.2) is 29.0 Å². The number of pyridine rings is 1. The van der Waals surface area contributed by atoms with Gasteiger partial charge >= 0.3 is 0 Å². The highest BCUT2D eigenvalue weighted by molar-refractivity contribution is 5.81. The topological polar surface area (TPSA) is 28.2 Å². The molecule has 1 fully saturated rings. The van der Waals surface area contributed by atoms with Crippen molar-refractivity contribution in [3.8, 4) is 0 Å². The van der Waals surface area contributed by atoms with E-state index in [1.807, 2.05) is 0 Å². The van der Waals surface area contributed by atoms with Crippen molar-refractivity contribution in [2.24, 2.45) is 0 Å². The number of aromatic nitrogens is 1. The van der Waals surface area contributed by atoms with Gasteiger partial charge in [0.2, 0.25) is 0 Å². The average Bonchev–Trinajstić information content (AvgIpc) is 2.95. The number of fused-ring (bicyclic) bond motifs is 1. The molecule has 1 aliphatic heterocycles. The van der Waals surface area contributed by atoms with Crippen molar-refractivity contribution in [3.05, 3.63) is 35.9 Å². The van der Waals surface area contributed by atoms with E-state index in [1.165, 1.54) is 36.8 Å². The SMILES string of the molecule is CCNc1nc2ccccc2cc1CN1CCCC1CC. The number of rotatable bonds is 5. The zero-order valence-electron chi connectivity index (χ0n) is 13.1.